The third-order valence-electron chi connectivity index (χ3n) is 9.76. The predicted molar refractivity (Wildman–Crippen MR) is 238 cm³/mol. The van der Waals surface area contributed by atoms with E-state index in [0.717, 1.165) is 83.5 Å². The van der Waals surface area contributed by atoms with Gasteiger partial charge in [-0.05, 0) is 83.5 Å². The van der Waals surface area contributed by atoms with Gasteiger partial charge in [-0.3, -0.25) is 14.4 Å². The second kappa shape index (κ2) is 44.8. The minimum Gasteiger partial charge on any atom is -0.462 e. The average Bonchev–Trinajstić information content (AvgIpc) is 3.19. The highest BCUT2D eigenvalue weighted by molar-refractivity contribution is 5.71. The zero-order chi connectivity index (χ0) is 40.8. The largest absolute Gasteiger partial charge is 0.462 e. The standard InChI is InChI=1S/C50H86O6/c1-4-7-10-13-16-19-21-23-24-25-26-27-29-31-34-37-40-43-49(52)55-46-47(45-54-48(51)42-39-36-33-30-18-15-12-9-6-3)56-50(53)44-41-38-35-32-28-22-20-17-14-11-8-5-2/h8,11,16-17,19-20,23-24,28,32,47H,4-7,9-10,12-15,18,21-22,25-27,29-31,33-46H2,1-3H3/b11-8-,19-16-,20-17-,24-23-,32-28-. The van der Waals surface area contributed by atoms with Gasteiger partial charge in [0.2, 0.25) is 0 Å². The fourth-order valence-corrected chi connectivity index (χ4v) is 6.25. The predicted octanol–water partition coefficient (Wildman–Crippen LogP) is 14.9. The van der Waals surface area contributed by atoms with Gasteiger partial charge >= 0.3 is 17.9 Å². The van der Waals surface area contributed by atoms with Crippen molar-refractivity contribution in [3.8, 4) is 0 Å². The summed E-state index contributed by atoms with van der Waals surface area (Å²) in [6, 6.07) is 0. The molecule has 0 aromatic carbocycles. The van der Waals surface area contributed by atoms with Gasteiger partial charge in [-0.25, -0.2) is 0 Å². The molecule has 0 aromatic rings. The van der Waals surface area contributed by atoms with Gasteiger partial charge in [0.1, 0.15) is 13.2 Å². The molecule has 0 radical (unpaired) electrons. The summed E-state index contributed by atoms with van der Waals surface area (Å²) in [5.41, 5.74) is 0. The molecule has 0 amide bonds. The molecular formula is C50H86O6. The molecule has 0 heterocycles. The Kier molecular flexibility index (Phi) is 42.5. The first-order valence-corrected chi connectivity index (χ1v) is 23.3. The minimum absolute atomic E-state index is 0.0915. The van der Waals surface area contributed by atoms with Gasteiger partial charge in [0.25, 0.3) is 0 Å². The van der Waals surface area contributed by atoms with E-state index in [-0.39, 0.29) is 37.5 Å². The van der Waals surface area contributed by atoms with Crippen LogP contribution in [-0.2, 0) is 28.6 Å². The Hall–Kier alpha value is -2.89. The van der Waals surface area contributed by atoms with Crippen molar-refractivity contribution in [3.63, 3.8) is 0 Å². The number of hydrogen-bond acceptors (Lipinski definition) is 6. The number of ether oxygens (including phenoxy) is 3. The summed E-state index contributed by atoms with van der Waals surface area (Å²) in [6.07, 6.45) is 53.5. The first-order valence-electron chi connectivity index (χ1n) is 23.3. The quantitative estimate of drug-likeness (QED) is 0.0266. The van der Waals surface area contributed by atoms with Crippen LogP contribution in [0.4, 0.5) is 0 Å². The zero-order valence-corrected chi connectivity index (χ0v) is 36.6. The van der Waals surface area contributed by atoms with Crippen LogP contribution in [0.25, 0.3) is 0 Å². The van der Waals surface area contributed by atoms with E-state index >= 15 is 0 Å². The lowest BCUT2D eigenvalue weighted by Gasteiger charge is -2.18. The summed E-state index contributed by atoms with van der Waals surface area (Å²) in [5, 5.41) is 0. The van der Waals surface area contributed by atoms with Crippen LogP contribution in [0, 0.1) is 0 Å². The number of rotatable bonds is 41. The molecule has 0 N–H and O–H groups in total. The van der Waals surface area contributed by atoms with Crippen molar-refractivity contribution in [1.29, 1.82) is 0 Å². The third-order valence-corrected chi connectivity index (χ3v) is 9.76. The van der Waals surface area contributed by atoms with Crippen molar-refractivity contribution in [1.82, 2.24) is 0 Å². The van der Waals surface area contributed by atoms with Crippen LogP contribution < -0.4 is 0 Å². The normalized spacial score (nSPS) is 12.6. The van der Waals surface area contributed by atoms with E-state index in [1.165, 1.54) is 89.9 Å². The Bertz CT molecular complexity index is 1040. The van der Waals surface area contributed by atoms with Gasteiger partial charge in [0.05, 0.1) is 0 Å². The Balaban J connectivity index is 4.38. The molecule has 0 aromatic heterocycles. The summed E-state index contributed by atoms with van der Waals surface area (Å²) in [7, 11) is 0. The summed E-state index contributed by atoms with van der Waals surface area (Å²) in [5.74, 6) is -0.945. The Morgan fingerprint density at radius 3 is 1.16 bits per heavy atom. The maximum absolute atomic E-state index is 12.7. The van der Waals surface area contributed by atoms with Crippen LogP contribution in [0.1, 0.15) is 220 Å². The number of allylic oxidation sites excluding steroid dienone is 10. The molecule has 0 fully saturated rings. The van der Waals surface area contributed by atoms with Crippen molar-refractivity contribution >= 4 is 17.9 Å². The lowest BCUT2D eigenvalue weighted by atomic mass is 10.1. The highest BCUT2D eigenvalue weighted by atomic mass is 16.6. The molecule has 322 valence electrons. The van der Waals surface area contributed by atoms with Crippen molar-refractivity contribution in [2.45, 2.75) is 226 Å². The highest BCUT2D eigenvalue weighted by Gasteiger charge is 2.19. The van der Waals surface area contributed by atoms with E-state index < -0.39 is 6.10 Å². The fourth-order valence-electron chi connectivity index (χ4n) is 6.25. The first kappa shape index (κ1) is 53.1. The molecule has 56 heavy (non-hydrogen) atoms. The van der Waals surface area contributed by atoms with Crippen LogP contribution in [0.5, 0.6) is 0 Å². The van der Waals surface area contributed by atoms with Crippen molar-refractivity contribution in [2.24, 2.45) is 0 Å². The lowest BCUT2D eigenvalue weighted by molar-refractivity contribution is -0.167. The molecule has 0 aliphatic rings. The first-order chi connectivity index (χ1) is 27.5. The smallest absolute Gasteiger partial charge is 0.306 e. The minimum atomic E-state index is -0.792. The molecule has 0 bridgehead atoms. The zero-order valence-electron chi connectivity index (χ0n) is 36.6. The summed E-state index contributed by atoms with van der Waals surface area (Å²) in [6.45, 7) is 6.42. The Morgan fingerprint density at radius 2 is 0.696 bits per heavy atom. The van der Waals surface area contributed by atoms with E-state index in [4.69, 9.17) is 14.2 Å². The second-order valence-corrected chi connectivity index (χ2v) is 15.3. The molecule has 0 aliphatic carbocycles. The SMILES string of the molecule is CC/C=C\C/C=C\C/C=C\CCCCC(=O)OC(COC(=O)CCCCCCCCC/C=C\C/C=C\CCCCC)COC(=O)CCCCCCCCCCC. The van der Waals surface area contributed by atoms with Crippen LogP contribution >= 0.6 is 0 Å². The molecule has 1 atom stereocenters. The molecule has 0 rings (SSSR count). The summed E-state index contributed by atoms with van der Waals surface area (Å²) < 4.78 is 16.7. The average molecular weight is 783 g/mol. The molecule has 0 saturated carbocycles. The van der Waals surface area contributed by atoms with Gasteiger partial charge in [-0.2, -0.15) is 0 Å². The highest BCUT2D eigenvalue weighted by Crippen LogP contribution is 2.13. The number of carbonyl (C=O) groups excluding carboxylic acids is 3. The molecule has 6 heteroatoms. The molecule has 0 aliphatic heterocycles. The van der Waals surface area contributed by atoms with E-state index in [2.05, 4.69) is 81.5 Å². The fraction of sp³-hybridized carbons (Fsp3) is 0.740. The van der Waals surface area contributed by atoms with Gasteiger partial charge < -0.3 is 14.2 Å². The topological polar surface area (TPSA) is 78.9 Å². The monoisotopic (exact) mass is 783 g/mol. The number of carbonyl (C=O) groups is 3. The van der Waals surface area contributed by atoms with E-state index in [0.29, 0.717) is 19.3 Å². The molecular weight excluding hydrogens is 697 g/mol. The molecule has 1 unspecified atom stereocenters. The van der Waals surface area contributed by atoms with Crippen LogP contribution in [0.15, 0.2) is 60.8 Å². The van der Waals surface area contributed by atoms with Gasteiger partial charge in [-0.1, -0.05) is 178 Å². The van der Waals surface area contributed by atoms with Gasteiger partial charge in [0, 0.05) is 19.3 Å². The Labute approximate surface area is 345 Å². The summed E-state index contributed by atoms with van der Waals surface area (Å²) in [4.78, 5) is 37.7. The maximum atomic E-state index is 12.7. The second-order valence-electron chi connectivity index (χ2n) is 15.3. The number of esters is 3. The van der Waals surface area contributed by atoms with Crippen LogP contribution in [0.2, 0.25) is 0 Å². The van der Waals surface area contributed by atoms with E-state index in [9.17, 15) is 14.4 Å². The maximum Gasteiger partial charge on any atom is 0.306 e. The Morgan fingerprint density at radius 1 is 0.375 bits per heavy atom. The van der Waals surface area contributed by atoms with Gasteiger partial charge in [-0.15, -0.1) is 0 Å². The van der Waals surface area contributed by atoms with Crippen molar-refractivity contribution < 1.29 is 28.6 Å². The van der Waals surface area contributed by atoms with E-state index in [1.807, 2.05) is 0 Å². The van der Waals surface area contributed by atoms with Crippen LogP contribution in [-0.4, -0.2) is 37.2 Å². The number of hydrogen-bond donors (Lipinski definition) is 0. The van der Waals surface area contributed by atoms with Gasteiger partial charge in [0.15, 0.2) is 6.10 Å². The van der Waals surface area contributed by atoms with Crippen molar-refractivity contribution in [2.75, 3.05) is 13.2 Å². The molecule has 6 nitrogen and oxygen atoms in total. The lowest BCUT2D eigenvalue weighted by Crippen LogP contribution is -2.30. The van der Waals surface area contributed by atoms with Crippen LogP contribution in [0.3, 0.4) is 0 Å². The number of unbranched alkanes of at least 4 members (excludes halogenated alkanes) is 20. The third kappa shape index (κ3) is 42.3. The van der Waals surface area contributed by atoms with E-state index in [1.54, 1.807) is 0 Å². The molecule has 0 saturated heterocycles. The molecule has 0 spiro atoms. The van der Waals surface area contributed by atoms with Crippen molar-refractivity contribution in [3.05, 3.63) is 60.8 Å². The summed E-state index contributed by atoms with van der Waals surface area (Å²) >= 11 is 0.